The third-order valence-electron chi connectivity index (χ3n) is 4.80. The molecule has 1 amide bonds. The van der Waals surface area contributed by atoms with Gasteiger partial charge >= 0.3 is 6.61 Å². The van der Waals surface area contributed by atoms with Crippen molar-refractivity contribution in [1.82, 2.24) is 10.2 Å². The van der Waals surface area contributed by atoms with Crippen molar-refractivity contribution >= 4 is 5.91 Å². The first-order valence-corrected chi connectivity index (χ1v) is 8.21. The van der Waals surface area contributed by atoms with Gasteiger partial charge in [0.2, 0.25) is 0 Å². The first-order chi connectivity index (χ1) is 11.1. The van der Waals surface area contributed by atoms with Gasteiger partial charge in [-0.3, -0.25) is 4.79 Å². The van der Waals surface area contributed by atoms with E-state index in [2.05, 4.69) is 10.1 Å². The van der Waals surface area contributed by atoms with Crippen LogP contribution in [0.1, 0.15) is 36.0 Å². The zero-order valence-electron chi connectivity index (χ0n) is 13.0. The molecule has 1 N–H and O–H groups in total. The van der Waals surface area contributed by atoms with E-state index in [-0.39, 0.29) is 11.7 Å². The van der Waals surface area contributed by atoms with E-state index in [9.17, 15) is 13.6 Å². The van der Waals surface area contributed by atoms with Gasteiger partial charge in [-0.1, -0.05) is 6.07 Å². The Bertz CT molecular complexity index is 539. The Morgan fingerprint density at radius 2 is 2.04 bits per heavy atom. The highest BCUT2D eigenvalue weighted by Crippen LogP contribution is 2.27. The maximum absolute atomic E-state index is 12.5. The number of alkyl halides is 2. The van der Waals surface area contributed by atoms with Crippen molar-refractivity contribution in [2.24, 2.45) is 5.92 Å². The summed E-state index contributed by atoms with van der Waals surface area (Å²) < 4.78 is 28.9. The second kappa shape index (κ2) is 7.25. The number of nitrogens with zero attached hydrogens (tertiary/aromatic N) is 1. The lowest BCUT2D eigenvalue weighted by Gasteiger charge is -2.35. The molecule has 4 nitrogen and oxygen atoms in total. The minimum Gasteiger partial charge on any atom is -0.435 e. The van der Waals surface area contributed by atoms with Crippen LogP contribution in [-0.2, 0) is 0 Å². The highest BCUT2D eigenvalue weighted by molar-refractivity contribution is 5.94. The maximum atomic E-state index is 12.5. The number of hydrogen-bond donors (Lipinski definition) is 1. The van der Waals surface area contributed by atoms with Crippen LogP contribution in [0.5, 0.6) is 5.75 Å². The van der Waals surface area contributed by atoms with E-state index in [0.29, 0.717) is 17.5 Å². The molecule has 1 aromatic carbocycles. The fourth-order valence-electron chi connectivity index (χ4n) is 3.61. The standard InChI is InChI=1S/C17H22F2N2O2/c18-17(19)23-14-4-1-3-13(11-14)16(22)21-9-6-12(7-10-21)15-5-2-8-20-15/h1,3-4,11-12,15,17,20H,2,5-10H2. The Morgan fingerprint density at radius 3 is 2.70 bits per heavy atom. The first-order valence-electron chi connectivity index (χ1n) is 8.21. The van der Waals surface area contributed by atoms with Crippen molar-refractivity contribution in [3.63, 3.8) is 0 Å². The summed E-state index contributed by atoms with van der Waals surface area (Å²) in [5.41, 5.74) is 0.403. The number of halogens is 2. The molecule has 0 aliphatic carbocycles. The van der Waals surface area contributed by atoms with Gasteiger partial charge in [0.1, 0.15) is 5.75 Å². The van der Waals surface area contributed by atoms with Gasteiger partial charge in [0.05, 0.1) is 0 Å². The van der Waals surface area contributed by atoms with E-state index in [4.69, 9.17) is 0 Å². The van der Waals surface area contributed by atoms with Crippen LogP contribution in [0.15, 0.2) is 24.3 Å². The van der Waals surface area contributed by atoms with E-state index in [0.717, 1.165) is 32.5 Å². The molecule has 3 rings (SSSR count). The first kappa shape index (κ1) is 16.2. The molecule has 1 atom stereocenters. The van der Waals surface area contributed by atoms with Gasteiger partial charge in [-0.05, 0) is 56.3 Å². The normalized spacial score (nSPS) is 22.6. The number of ether oxygens (including phenoxy) is 1. The van der Waals surface area contributed by atoms with Crippen LogP contribution < -0.4 is 10.1 Å². The van der Waals surface area contributed by atoms with Crippen LogP contribution in [0.3, 0.4) is 0 Å². The molecule has 2 heterocycles. The third-order valence-corrected chi connectivity index (χ3v) is 4.80. The lowest BCUT2D eigenvalue weighted by molar-refractivity contribution is -0.0499. The number of piperidine rings is 1. The highest BCUT2D eigenvalue weighted by atomic mass is 19.3. The van der Waals surface area contributed by atoms with Crippen LogP contribution >= 0.6 is 0 Å². The van der Waals surface area contributed by atoms with Crippen molar-refractivity contribution in [2.45, 2.75) is 38.3 Å². The number of hydrogen-bond acceptors (Lipinski definition) is 3. The molecule has 23 heavy (non-hydrogen) atoms. The van der Waals surface area contributed by atoms with Gasteiger partial charge < -0.3 is 15.0 Å². The minimum absolute atomic E-state index is 0.0240. The largest absolute Gasteiger partial charge is 0.435 e. The molecular formula is C17H22F2N2O2. The van der Waals surface area contributed by atoms with Crippen LogP contribution in [-0.4, -0.2) is 43.1 Å². The molecule has 0 spiro atoms. The molecular weight excluding hydrogens is 302 g/mol. The number of carbonyl (C=O) groups excluding carboxylic acids is 1. The second-order valence-corrected chi connectivity index (χ2v) is 6.24. The molecule has 2 fully saturated rings. The quantitative estimate of drug-likeness (QED) is 0.926. The summed E-state index contributed by atoms with van der Waals surface area (Å²) in [6, 6.07) is 6.63. The molecule has 0 aromatic heterocycles. The van der Waals surface area contributed by atoms with Crippen molar-refractivity contribution in [2.75, 3.05) is 19.6 Å². The number of benzene rings is 1. The zero-order valence-corrected chi connectivity index (χ0v) is 13.0. The summed E-state index contributed by atoms with van der Waals surface area (Å²) in [6.45, 7) is -0.334. The summed E-state index contributed by atoms with van der Waals surface area (Å²) >= 11 is 0. The van der Waals surface area contributed by atoms with Crippen LogP contribution in [0.4, 0.5) is 8.78 Å². The van der Waals surface area contributed by atoms with Crippen LogP contribution in [0.2, 0.25) is 0 Å². The van der Waals surface area contributed by atoms with Crippen molar-refractivity contribution in [1.29, 1.82) is 0 Å². The summed E-state index contributed by atoms with van der Waals surface area (Å²) in [4.78, 5) is 14.3. The Hall–Kier alpha value is -1.69. The van der Waals surface area contributed by atoms with E-state index in [1.165, 1.54) is 25.0 Å². The number of rotatable bonds is 4. The third kappa shape index (κ3) is 3.99. The maximum Gasteiger partial charge on any atom is 0.387 e. The minimum atomic E-state index is -2.88. The Labute approximate surface area is 134 Å². The molecule has 6 heteroatoms. The highest BCUT2D eigenvalue weighted by Gasteiger charge is 2.30. The molecule has 2 aliphatic rings. The lowest BCUT2D eigenvalue weighted by Crippen LogP contribution is -2.43. The van der Waals surface area contributed by atoms with E-state index in [1.807, 2.05) is 4.90 Å². The van der Waals surface area contributed by atoms with Crippen LogP contribution in [0.25, 0.3) is 0 Å². The predicted molar refractivity (Wildman–Crippen MR) is 82.7 cm³/mol. The fourth-order valence-corrected chi connectivity index (χ4v) is 3.61. The SMILES string of the molecule is O=C(c1cccc(OC(F)F)c1)N1CCC(C2CCCN2)CC1. The van der Waals surface area contributed by atoms with E-state index >= 15 is 0 Å². The van der Waals surface area contributed by atoms with Gasteiger partial charge in [0, 0.05) is 24.7 Å². The fraction of sp³-hybridized carbons (Fsp3) is 0.588. The summed E-state index contributed by atoms with van der Waals surface area (Å²) in [5, 5.41) is 3.54. The Morgan fingerprint density at radius 1 is 1.26 bits per heavy atom. The number of likely N-dealkylation sites (tertiary alicyclic amines) is 1. The van der Waals surface area contributed by atoms with Gasteiger partial charge in [0.15, 0.2) is 0 Å². The summed E-state index contributed by atoms with van der Waals surface area (Å²) in [5.74, 6) is 0.550. The molecule has 0 saturated carbocycles. The average Bonchev–Trinajstić information content (AvgIpc) is 3.08. The predicted octanol–water partition coefficient (Wildman–Crippen LogP) is 2.89. The molecule has 1 unspecified atom stereocenters. The smallest absolute Gasteiger partial charge is 0.387 e. The summed E-state index contributed by atoms with van der Waals surface area (Å²) in [7, 11) is 0. The summed E-state index contributed by atoms with van der Waals surface area (Å²) in [6.07, 6.45) is 4.46. The van der Waals surface area contributed by atoms with Gasteiger partial charge in [-0.2, -0.15) is 8.78 Å². The van der Waals surface area contributed by atoms with E-state index < -0.39 is 6.61 Å². The van der Waals surface area contributed by atoms with Crippen LogP contribution in [0, 0.1) is 5.92 Å². The average molecular weight is 324 g/mol. The molecule has 1 aromatic rings. The molecule has 2 aliphatic heterocycles. The Balaban J connectivity index is 1.58. The topological polar surface area (TPSA) is 41.6 Å². The van der Waals surface area contributed by atoms with Crippen molar-refractivity contribution in [3.8, 4) is 5.75 Å². The number of carbonyl (C=O) groups is 1. The number of amides is 1. The van der Waals surface area contributed by atoms with Crippen molar-refractivity contribution < 1.29 is 18.3 Å². The second-order valence-electron chi connectivity index (χ2n) is 6.24. The molecule has 0 radical (unpaired) electrons. The van der Waals surface area contributed by atoms with Gasteiger partial charge in [-0.25, -0.2) is 0 Å². The van der Waals surface area contributed by atoms with E-state index in [1.54, 1.807) is 12.1 Å². The lowest BCUT2D eigenvalue weighted by atomic mass is 9.88. The van der Waals surface area contributed by atoms with Crippen molar-refractivity contribution in [3.05, 3.63) is 29.8 Å². The number of nitrogens with one attached hydrogen (secondary N) is 1. The van der Waals surface area contributed by atoms with Gasteiger partial charge in [-0.15, -0.1) is 0 Å². The molecule has 126 valence electrons. The molecule has 0 bridgehead atoms. The Kier molecular flexibility index (Phi) is 5.10. The zero-order chi connectivity index (χ0) is 16.2. The molecule has 2 saturated heterocycles. The van der Waals surface area contributed by atoms with Gasteiger partial charge in [0.25, 0.3) is 5.91 Å². The monoisotopic (exact) mass is 324 g/mol.